The van der Waals surface area contributed by atoms with Crippen LogP contribution < -0.4 is 34.7 Å². The van der Waals surface area contributed by atoms with Crippen LogP contribution >= 0.6 is 45.9 Å². The second-order valence-corrected chi connectivity index (χ2v) is 27.1. The molecule has 0 aliphatic rings. The number of sulfonamides is 5. The lowest BCUT2D eigenvalue weighted by atomic mass is 10.2. The summed E-state index contributed by atoms with van der Waals surface area (Å²) in [7, 11) is -20.6. The van der Waals surface area contributed by atoms with E-state index in [9.17, 15) is 75.7 Å². The van der Waals surface area contributed by atoms with Gasteiger partial charge in [0.2, 0.25) is 55.7 Å². The summed E-state index contributed by atoms with van der Waals surface area (Å²) < 4.78 is 124. The van der Waals surface area contributed by atoms with E-state index in [0.29, 0.717) is 22.7 Å². The molecule has 0 bridgehead atoms. The number of halogens is 2. The van der Waals surface area contributed by atoms with Crippen LogP contribution in [0.25, 0.3) is 0 Å². The van der Waals surface area contributed by atoms with E-state index in [0.717, 1.165) is 30.3 Å². The molecule has 2 aromatic heterocycles. The van der Waals surface area contributed by atoms with Gasteiger partial charge in [0, 0.05) is 42.5 Å². The van der Waals surface area contributed by atoms with Crippen LogP contribution in [0.1, 0.15) is 79.6 Å². The molecule has 0 aliphatic heterocycles. The Kier molecular flexibility index (Phi) is 24.9. The van der Waals surface area contributed by atoms with Gasteiger partial charge in [0.05, 0.1) is 20.4 Å². The number of aromatic carboxylic acids is 1. The Bertz CT molecular complexity index is 3280. The van der Waals surface area contributed by atoms with Crippen LogP contribution in [0.2, 0.25) is 10.0 Å². The molecule has 416 valence electrons. The number of benzene rings is 2. The van der Waals surface area contributed by atoms with E-state index in [1.165, 1.54) is 47.6 Å². The average Bonchev–Trinajstić information content (AvgIpc) is 3.94. The summed E-state index contributed by atoms with van der Waals surface area (Å²) in [6, 6.07) is 6.09. The summed E-state index contributed by atoms with van der Waals surface area (Å²) in [6.45, 7) is 14.9. The molecule has 0 aliphatic carbocycles. The van der Waals surface area contributed by atoms with Crippen LogP contribution in [-0.4, -0.2) is 109 Å². The van der Waals surface area contributed by atoms with Crippen molar-refractivity contribution in [1.29, 1.82) is 0 Å². The van der Waals surface area contributed by atoms with Crippen LogP contribution in [0.4, 0.5) is 10.3 Å². The van der Waals surface area contributed by atoms with Crippen molar-refractivity contribution in [3.05, 3.63) is 52.0 Å². The maximum atomic E-state index is 12.0. The van der Waals surface area contributed by atoms with E-state index >= 15 is 0 Å². The lowest BCUT2D eigenvalue weighted by Gasteiger charge is -2.10. The van der Waals surface area contributed by atoms with Gasteiger partial charge in [-0.3, -0.25) is 28.8 Å². The van der Waals surface area contributed by atoms with Gasteiger partial charge in [0.15, 0.2) is 0 Å². The van der Waals surface area contributed by atoms with Gasteiger partial charge in [-0.25, -0.2) is 54.1 Å². The number of nitrogens with two attached hydrogens (primary N) is 1. The van der Waals surface area contributed by atoms with Gasteiger partial charge in [0.25, 0.3) is 48.8 Å². The average molecular weight is 1230 g/mol. The van der Waals surface area contributed by atoms with Crippen molar-refractivity contribution < 1.29 is 80.8 Å². The zero-order valence-corrected chi connectivity index (χ0v) is 47.9. The van der Waals surface area contributed by atoms with Crippen molar-refractivity contribution in [1.82, 2.24) is 39.3 Å². The smallest absolute Gasteiger partial charge is 0.335 e. The number of nitrogens with one attached hydrogen (secondary N) is 6. The van der Waals surface area contributed by atoms with E-state index in [1.54, 1.807) is 27.7 Å². The molecule has 0 saturated heterocycles. The number of carboxylic acids is 1. The third-order valence-corrected chi connectivity index (χ3v) is 17.2. The summed E-state index contributed by atoms with van der Waals surface area (Å²) in [5.74, 6) is -6.77. The fraction of sp³-hybridized carbons (Fsp3) is 0.378. The van der Waals surface area contributed by atoms with Crippen LogP contribution in [0.15, 0.2) is 59.8 Å². The Morgan fingerprint density at radius 3 is 1.20 bits per heavy atom. The predicted molar refractivity (Wildman–Crippen MR) is 270 cm³/mol. The molecule has 2 aromatic carbocycles. The lowest BCUT2D eigenvalue weighted by Crippen LogP contribution is -2.33. The van der Waals surface area contributed by atoms with Crippen molar-refractivity contribution in [2.45, 2.75) is 92.6 Å². The highest BCUT2D eigenvalue weighted by atomic mass is 35.5. The van der Waals surface area contributed by atoms with E-state index in [2.05, 4.69) is 31.0 Å². The highest BCUT2D eigenvalue weighted by Crippen LogP contribution is 2.25. The molecule has 38 heteroatoms. The van der Waals surface area contributed by atoms with Crippen LogP contribution in [0, 0.1) is 23.7 Å². The molecule has 4 rings (SSSR count). The molecule has 0 fully saturated rings. The number of carbonyl (C=O) groups excluding carboxylic acids is 6. The molecule has 29 nitrogen and oxygen atoms in total. The van der Waals surface area contributed by atoms with Gasteiger partial charge in [-0.1, -0.05) is 101 Å². The number of hydrogen-bond acceptors (Lipinski definition) is 23. The third-order valence-electron chi connectivity index (χ3n) is 7.83. The predicted octanol–water partition coefficient (Wildman–Crippen LogP) is 1.86. The van der Waals surface area contributed by atoms with Crippen LogP contribution in [-0.2, 0) is 78.9 Å². The van der Waals surface area contributed by atoms with Crippen molar-refractivity contribution in [3.8, 4) is 0 Å². The number of carbonyl (C=O) groups is 7. The van der Waals surface area contributed by atoms with Crippen molar-refractivity contribution in [3.63, 3.8) is 0 Å². The number of amides is 6. The van der Waals surface area contributed by atoms with Crippen molar-refractivity contribution in [2.24, 2.45) is 28.8 Å². The lowest BCUT2D eigenvalue weighted by molar-refractivity contribution is -0.123. The molecule has 0 radical (unpaired) electrons. The fourth-order valence-electron chi connectivity index (χ4n) is 3.94. The highest BCUT2D eigenvalue weighted by Gasteiger charge is 2.27. The Morgan fingerprint density at radius 2 is 0.867 bits per heavy atom. The number of anilines is 2. The Morgan fingerprint density at radius 1 is 0.520 bits per heavy atom. The topological polar surface area (TPSA) is 460 Å². The molecule has 6 amide bonds. The maximum absolute atomic E-state index is 12.0. The minimum atomic E-state index is -4.21. The van der Waals surface area contributed by atoms with Gasteiger partial charge in [-0.05, 0) is 36.4 Å². The van der Waals surface area contributed by atoms with Crippen LogP contribution in [0.5, 0.6) is 0 Å². The summed E-state index contributed by atoms with van der Waals surface area (Å²) >= 11 is 12.7. The monoisotopic (exact) mass is 1230 g/mol. The van der Waals surface area contributed by atoms with E-state index in [-0.39, 0.29) is 46.4 Å². The van der Waals surface area contributed by atoms with Gasteiger partial charge in [0.1, 0.15) is 4.90 Å². The number of hydrogen-bond donors (Lipinski definition) is 8. The maximum Gasteiger partial charge on any atom is 0.335 e. The Balaban J connectivity index is 0.000000500. The summed E-state index contributed by atoms with van der Waals surface area (Å²) in [5.41, 5.74) is -0.234. The molecule has 4 aromatic rings. The zero-order valence-electron chi connectivity index (χ0n) is 40.6. The molecule has 0 unspecified atom stereocenters. The Labute approximate surface area is 448 Å². The first-order chi connectivity index (χ1) is 34.0. The third kappa shape index (κ3) is 22.5. The number of primary sulfonamides is 1. The minimum absolute atomic E-state index is 0.0554. The van der Waals surface area contributed by atoms with Gasteiger partial charge in [-0.15, -0.1) is 20.4 Å². The quantitative estimate of drug-likeness (QED) is 0.0742. The van der Waals surface area contributed by atoms with Gasteiger partial charge in [-0.2, -0.15) is 16.8 Å². The Hall–Kier alpha value is -5.86. The SMILES string of the molecule is CC(=O)Nc1nnc(S(=O)(=O)NC(=O)C(C)C)s1.CC(=O)Nc1nnc(S(=O)(=O)NC(=O)C(C)C)s1.CC(C)C(=O)NS(=O)(=O)c1cc(C(=O)O)ccc1Cl.CC(C)C(=O)NS(=O)(=O)c1cc(Cl)cc(S(N)(=O)=O)c1. The van der Waals surface area contributed by atoms with Gasteiger partial charge >= 0.3 is 5.97 Å². The van der Waals surface area contributed by atoms with Crippen molar-refractivity contribution >= 4 is 148 Å². The second kappa shape index (κ2) is 27.8. The normalized spacial score (nSPS) is 11.6. The van der Waals surface area contributed by atoms with E-state index in [4.69, 9.17) is 33.4 Å². The van der Waals surface area contributed by atoms with Crippen LogP contribution in [0.3, 0.4) is 0 Å². The zero-order chi connectivity index (χ0) is 58.4. The van der Waals surface area contributed by atoms with E-state index < -0.39 is 118 Å². The second-order valence-electron chi connectivity index (χ2n) is 15.7. The molecule has 75 heavy (non-hydrogen) atoms. The first kappa shape index (κ1) is 67.2. The largest absolute Gasteiger partial charge is 0.478 e. The number of nitrogens with zero attached hydrogens (tertiary/aromatic N) is 4. The first-order valence-electron chi connectivity index (χ1n) is 20.4. The van der Waals surface area contributed by atoms with Crippen molar-refractivity contribution in [2.75, 3.05) is 10.6 Å². The summed E-state index contributed by atoms with van der Waals surface area (Å²) in [6.07, 6.45) is 0. The molecule has 2 heterocycles. The molecular weight excluding hydrogens is 1180 g/mol. The number of aromatic nitrogens is 4. The molecule has 0 spiro atoms. The summed E-state index contributed by atoms with van der Waals surface area (Å²) in [5, 5.41) is 31.9. The molecule has 0 saturated carbocycles. The minimum Gasteiger partial charge on any atom is -0.478 e. The number of carboxylic acid groups (broad SMARTS) is 1. The van der Waals surface area contributed by atoms with E-state index in [1.807, 2.05) is 18.9 Å². The number of rotatable bonds is 16. The molecule has 0 atom stereocenters. The molecule has 9 N–H and O–H groups in total. The first-order valence-corrected chi connectivity index (χ1v) is 30.2. The van der Waals surface area contributed by atoms with Gasteiger partial charge < -0.3 is 15.7 Å². The summed E-state index contributed by atoms with van der Waals surface area (Å²) in [4.78, 5) is 76.4. The standard InChI is InChI=1S/C11H12ClNO5S.C10H13ClN2O5S2.2C8H12N4O4S2/c1-6(2)10(14)13-19(17,18)9-5-7(11(15)16)3-4-8(9)12;1-6(2)10(14)13-20(17,18)9-4-7(11)3-8(5-9)19(12,15)16;2*1-4(2)6(14)12-18(15,16)8-11-10-7(17-8)9-5(3)13/h3-6H,1-2H3,(H,13,14)(H,15,16);3-6H,1-2H3,(H,13,14)(H2,12,15,16);2*4H,1-3H3,(H,12,14)(H,9,10,13). The highest BCUT2D eigenvalue weighted by molar-refractivity contribution is 7.92. The fourth-order valence-corrected chi connectivity index (χ4v) is 11.9. The molecular formula is C37H49Cl2N11O18S7.